The first-order chi connectivity index (χ1) is 16.7. The molecule has 0 unspecified atom stereocenters. The molecule has 8 nitrogen and oxygen atoms in total. The number of ether oxygens (including phenoxy) is 2. The number of carbonyl (C=O) groups is 1. The highest BCUT2D eigenvalue weighted by molar-refractivity contribution is 6.30. The lowest BCUT2D eigenvalue weighted by molar-refractivity contribution is -0.151. The minimum atomic E-state index is -0.559. The smallest absolute Gasteiger partial charge is 0.309 e. The Morgan fingerprint density at radius 1 is 1.20 bits per heavy atom. The van der Waals surface area contributed by atoms with E-state index in [9.17, 15) is 9.18 Å². The van der Waals surface area contributed by atoms with Crippen molar-refractivity contribution in [2.45, 2.75) is 64.7 Å². The molecular formula is C25H29ClFN5O3. The maximum absolute atomic E-state index is 14.1. The van der Waals surface area contributed by atoms with Gasteiger partial charge in [-0.1, -0.05) is 17.7 Å². The number of nitrogens with one attached hydrogen (secondary N) is 1. The molecule has 10 heteroatoms. The molecule has 1 N–H and O–H groups in total. The van der Waals surface area contributed by atoms with E-state index in [-0.39, 0.29) is 40.9 Å². The topological polar surface area (TPSA) is 91.2 Å². The van der Waals surface area contributed by atoms with Crippen molar-refractivity contribution in [3.05, 3.63) is 59.4 Å². The van der Waals surface area contributed by atoms with Crippen molar-refractivity contribution in [3.63, 3.8) is 0 Å². The van der Waals surface area contributed by atoms with Crippen molar-refractivity contribution < 1.29 is 18.7 Å². The molecule has 0 saturated heterocycles. The van der Waals surface area contributed by atoms with Crippen LogP contribution in [0.25, 0.3) is 0 Å². The summed E-state index contributed by atoms with van der Waals surface area (Å²) in [6.07, 6.45) is 7.21. The van der Waals surface area contributed by atoms with Crippen LogP contribution in [0.5, 0.6) is 5.75 Å². The van der Waals surface area contributed by atoms with Crippen LogP contribution in [0.3, 0.4) is 0 Å². The number of esters is 1. The molecule has 1 aliphatic rings. The highest BCUT2D eigenvalue weighted by atomic mass is 35.5. The van der Waals surface area contributed by atoms with E-state index in [0.717, 1.165) is 5.82 Å². The van der Waals surface area contributed by atoms with Gasteiger partial charge >= 0.3 is 5.97 Å². The normalized spacial score (nSPS) is 18.2. The van der Waals surface area contributed by atoms with Crippen molar-refractivity contribution in [1.29, 1.82) is 0 Å². The molecule has 1 fully saturated rings. The van der Waals surface area contributed by atoms with Crippen LogP contribution in [0.4, 0.5) is 16.0 Å². The quantitative estimate of drug-likeness (QED) is 0.418. The maximum atomic E-state index is 14.1. The third-order valence-electron chi connectivity index (χ3n) is 5.80. The van der Waals surface area contributed by atoms with E-state index in [1.165, 1.54) is 6.07 Å². The van der Waals surface area contributed by atoms with Gasteiger partial charge in [0.05, 0.1) is 46.9 Å². The molecule has 0 amide bonds. The highest BCUT2D eigenvalue weighted by Crippen LogP contribution is 2.31. The van der Waals surface area contributed by atoms with Gasteiger partial charge in [0.2, 0.25) is 0 Å². The van der Waals surface area contributed by atoms with E-state index in [1.807, 2.05) is 10.7 Å². The Labute approximate surface area is 208 Å². The molecule has 0 radical (unpaired) electrons. The number of nitrogens with zero attached hydrogens (tertiary/aromatic N) is 4. The second-order valence-electron chi connectivity index (χ2n) is 9.57. The van der Waals surface area contributed by atoms with Gasteiger partial charge in [0.15, 0.2) is 11.6 Å². The Morgan fingerprint density at radius 3 is 2.71 bits per heavy atom. The van der Waals surface area contributed by atoms with Crippen molar-refractivity contribution in [1.82, 2.24) is 19.7 Å². The molecule has 1 saturated carbocycles. The van der Waals surface area contributed by atoms with Crippen molar-refractivity contribution in [2.24, 2.45) is 5.92 Å². The summed E-state index contributed by atoms with van der Waals surface area (Å²) in [6.45, 7) is 6.20. The number of halogens is 2. The van der Waals surface area contributed by atoms with Crippen LogP contribution < -0.4 is 10.1 Å². The van der Waals surface area contributed by atoms with Crippen LogP contribution >= 0.6 is 11.6 Å². The van der Waals surface area contributed by atoms with Gasteiger partial charge in [-0.3, -0.25) is 9.78 Å². The summed E-state index contributed by atoms with van der Waals surface area (Å²) in [5, 5.41) is 7.61. The Kier molecular flexibility index (Phi) is 7.54. The lowest BCUT2D eigenvalue weighted by Crippen LogP contribution is -2.29. The predicted molar refractivity (Wildman–Crippen MR) is 130 cm³/mol. The molecule has 4 rings (SSSR count). The molecule has 1 aliphatic carbocycles. The molecule has 2 aromatic heterocycles. The Morgan fingerprint density at radius 2 is 1.97 bits per heavy atom. The third kappa shape index (κ3) is 6.28. The molecular weight excluding hydrogens is 473 g/mol. The SMILES string of the molecule is CC(C)(C)n1nccc1Nc1cncc(COC(=O)C2CCC(Oc3cccc(Cl)c3F)CC2)n1. The molecule has 0 aliphatic heterocycles. The summed E-state index contributed by atoms with van der Waals surface area (Å²) < 4.78 is 27.2. The molecule has 0 atom stereocenters. The number of anilines is 2. The zero-order valence-electron chi connectivity index (χ0n) is 20.0. The average Bonchev–Trinajstić information content (AvgIpc) is 3.30. The Bertz CT molecular complexity index is 1170. The number of carbonyl (C=O) groups excluding carboxylic acids is 1. The number of rotatable bonds is 7. The van der Waals surface area contributed by atoms with Crippen LogP contribution in [0.15, 0.2) is 42.9 Å². The first-order valence-electron chi connectivity index (χ1n) is 11.6. The van der Waals surface area contributed by atoms with E-state index in [1.54, 1.807) is 30.7 Å². The van der Waals surface area contributed by atoms with Gasteiger partial charge in [-0.25, -0.2) is 14.1 Å². The molecule has 0 bridgehead atoms. The summed E-state index contributed by atoms with van der Waals surface area (Å²) in [5.74, 6) is 0.406. The Hall–Kier alpha value is -3.20. The summed E-state index contributed by atoms with van der Waals surface area (Å²) in [7, 11) is 0. The first-order valence-corrected chi connectivity index (χ1v) is 12.0. The summed E-state index contributed by atoms with van der Waals surface area (Å²) in [5.41, 5.74) is 0.345. The predicted octanol–water partition coefficient (Wildman–Crippen LogP) is 5.65. The fourth-order valence-corrected chi connectivity index (χ4v) is 4.20. The lowest BCUT2D eigenvalue weighted by atomic mass is 9.87. The van der Waals surface area contributed by atoms with Gasteiger partial charge in [-0.05, 0) is 58.6 Å². The van der Waals surface area contributed by atoms with Gasteiger partial charge in [0.1, 0.15) is 18.2 Å². The van der Waals surface area contributed by atoms with Crippen molar-refractivity contribution in [3.8, 4) is 5.75 Å². The van der Waals surface area contributed by atoms with E-state index >= 15 is 0 Å². The largest absolute Gasteiger partial charge is 0.487 e. The van der Waals surface area contributed by atoms with Gasteiger partial charge in [0.25, 0.3) is 0 Å². The monoisotopic (exact) mass is 501 g/mol. The lowest BCUT2D eigenvalue weighted by Gasteiger charge is -2.28. The van der Waals surface area contributed by atoms with Crippen LogP contribution in [-0.2, 0) is 21.7 Å². The number of hydrogen-bond donors (Lipinski definition) is 1. The van der Waals surface area contributed by atoms with Crippen LogP contribution in [0.2, 0.25) is 5.02 Å². The number of benzene rings is 1. The van der Waals surface area contributed by atoms with Gasteiger partial charge in [0, 0.05) is 6.07 Å². The standard InChI is InChI=1S/C25H29ClFN5O3/c1-25(2,3)32-22(11-12-29-32)31-21-14-28-13-17(30-21)15-34-24(33)16-7-9-18(10-8-16)35-20-6-4-5-19(26)23(20)27/h4-6,11-14,16,18H,7-10,15H2,1-3H3,(H,30,31). The molecule has 0 spiro atoms. The van der Waals surface area contributed by atoms with Crippen molar-refractivity contribution >= 4 is 29.2 Å². The fraction of sp³-hybridized carbons (Fsp3) is 0.440. The van der Waals surface area contributed by atoms with E-state index in [0.29, 0.717) is 37.2 Å². The van der Waals surface area contributed by atoms with E-state index in [2.05, 4.69) is 41.2 Å². The minimum absolute atomic E-state index is 0.0296. The second-order valence-corrected chi connectivity index (χ2v) is 9.98. The average molecular weight is 502 g/mol. The molecule has 2 heterocycles. The third-order valence-corrected chi connectivity index (χ3v) is 6.09. The molecule has 1 aromatic carbocycles. The Balaban J connectivity index is 1.27. The van der Waals surface area contributed by atoms with Gasteiger partial charge < -0.3 is 14.8 Å². The van der Waals surface area contributed by atoms with E-state index in [4.69, 9.17) is 21.1 Å². The van der Waals surface area contributed by atoms with Crippen LogP contribution in [0.1, 0.15) is 52.1 Å². The zero-order chi connectivity index (χ0) is 25.0. The van der Waals surface area contributed by atoms with Crippen LogP contribution in [0, 0.1) is 11.7 Å². The second kappa shape index (κ2) is 10.6. The summed E-state index contributed by atoms with van der Waals surface area (Å²) >= 11 is 5.82. The van der Waals surface area contributed by atoms with E-state index < -0.39 is 5.82 Å². The molecule has 35 heavy (non-hydrogen) atoms. The maximum Gasteiger partial charge on any atom is 0.309 e. The molecule has 3 aromatic rings. The first kappa shape index (κ1) is 24.9. The number of aromatic nitrogens is 4. The fourth-order valence-electron chi connectivity index (χ4n) is 4.03. The summed E-state index contributed by atoms with van der Waals surface area (Å²) in [4.78, 5) is 21.3. The van der Waals surface area contributed by atoms with Gasteiger partial charge in [-0.15, -0.1) is 0 Å². The molecule has 186 valence electrons. The van der Waals surface area contributed by atoms with Gasteiger partial charge in [-0.2, -0.15) is 5.10 Å². The highest BCUT2D eigenvalue weighted by Gasteiger charge is 2.29. The van der Waals surface area contributed by atoms with Crippen LogP contribution in [-0.4, -0.2) is 31.8 Å². The minimum Gasteiger partial charge on any atom is -0.487 e. The number of hydrogen-bond acceptors (Lipinski definition) is 7. The van der Waals surface area contributed by atoms with Crippen molar-refractivity contribution in [2.75, 3.05) is 5.32 Å². The zero-order valence-corrected chi connectivity index (χ0v) is 20.8. The summed E-state index contributed by atoms with van der Waals surface area (Å²) in [6, 6.07) is 6.55.